The highest BCUT2D eigenvalue weighted by atomic mass is 32.1. The number of allylic oxidation sites excluding steroid dienone is 2. The van der Waals surface area contributed by atoms with E-state index < -0.39 is 11.9 Å². The number of carbonyl (C=O) groups is 1. The molecule has 0 unspecified atom stereocenters. The molecule has 9 heteroatoms. The van der Waals surface area contributed by atoms with Crippen LogP contribution in [0.5, 0.6) is 0 Å². The second-order valence-electron chi connectivity index (χ2n) is 7.00. The Labute approximate surface area is 174 Å². The summed E-state index contributed by atoms with van der Waals surface area (Å²) in [5, 5.41) is 3.66. The molecule has 1 aliphatic rings. The normalized spacial score (nSPS) is 14.5. The fourth-order valence-corrected chi connectivity index (χ4v) is 4.17. The SMILES string of the molecule is Cc1cc(Nc2nccc(C(F)(F)F)n2)cc(-c2cnc(C3=CC(=O)CCC3)s2)c1. The summed E-state index contributed by atoms with van der Waals surface area (Å²) in [6.07, 6.45) is 2.18. The third kappa shape index (κ3) is 4.56. The number of carbonyl (C=O) groups excluding carboxylic acids is 1. The molecule has 3 aromatic rings. The minimum atomic E-state index is -4.54. The molecule has 0 saturated heterocycles. The van der Waals surface area contributed by atoms with Crippen LogP contribution in [-0.4, -0.2) is 20.7 Å². The van der Waals surface area contributed by atoms with Crippen molar-refractivity contribution in [3.63, 3.8) is 0 Å². The van der Waals surface area contributed by atoms with E-state index in [1.54, 1.807) is 18.3 Å². The maximum absolute atomic E-state index is 12.9. The van der Waals surface area contributed by atoms with Gasteiger partial charge in [-0.3, -0.25) is 4.79 Å². The largest absolute Gasteiger partial charge is 0.433 e. The quantitative estimate of drug-likeness (QED) is 0.566. The highest BCUT2D eigenvalue weighted by molar-refractivity contribution is 7.16. The van der Waals surface area contributed by atoms with Gasteiger partial charge in [-0.15, -0.1) is 11.3 Å². The van der Waals surface area contributed by atoms with E-state index in [1.807, 2.05) is 19.1 Å². The van der Waals surface area contributed by atoms with Gasteiger partial charge in [-0.1, -0.05) is 6.07 Å². The zero-order valence-corrected chi connectivity index (χ0v) is 16.8. The van der Waals surface area contributed by atoms with Crippen LogP contribution in [0.25, 0.3) is 16.0 Å². The van der Waals surface area contributed by atoms with Crippen molar-refractivity contribution in [3.05, 3.63) is 59.0 Å². The molecule has 30 heavy (non-hydrogen) atoms. The number of anilines is 2. The summed E-state index contributed by atoms with van der Waals surface area (Å²) in [6.45, 7) is 1.89. The molecule has 4 rings (SSSR count). The first-order valence-corrected chi connectivity index (χ1v) is 10.1. The molecule has 1 N–H and O–H groups in total. The van der Waals surface area contributed by atoms with Gasteiger partial charge < -0.3 is 5.32 Å². The van der Waals surface area contributed by atoms with Crippen molar-refractivity contribution in [2.75, 3.05) is 5.32 Å². The number of aryl methyl sites for hydroxylation is 1. The van der Waals surface area contributed by atoms with E-state index in [4.69, 9.17) is 0 Å². The lowest BCUT2D eigenvalue weighted by Gasteiger charge is -2.10. The van der Waals surface area contributed by atoms with Gasteiger partial charge in [0, 0.05) is 24.5 Å². The molecule has 0 radical (unpaired) electrons. The topological polar surface area (TPSA) is 67.8 Å². The van der Waals surface area contributed by atoms with E-state index in [0.717, 1.165) is 51.7 Å². The lowest BCUT2D eigenvalue weighted by molar-refractivity contribution is -0.141. The zero-order valence-electron chi connectivity index (χ0n) is 16.0. The molecule has 0 aliphatic heterocycles. The maximum atomic E-state index is 12.9. The molecular formula is C21H17F3N4OS. The molecular weight excluding hydrogens is 413 g/mol. The van der Waals surface area contributed by atoms with Crippen LogP contribution in [-0.2, 0) is 11.0 Å². The molecule has 154 valence electrons. The molecule has 0 saturated carbocycles. The minimum Gasteiger partial charge on any atom is -0.324 e. The van der Waals surface area contributed by atoms with Crippen molar-refractivity contribution in [2.24, 2.45) is 0 Å². The van der Waals surface area contributed by atoms with E-state index in [1.165, 1.54) is 11.3 Å². The van der Waals surface area contributed by atoms with Crippen molar-refractivity contribution >= 4 is 34.3 Å². The number of halogens is 3. The number of aromatic nitrogens is 3. The van der Waals surface area contributed by atoms with Crippen LogP contribution in [0.4, 0.5) is 24.8 Å². The number of hydrogen-bond acceptors (Lipinski definition) is 6. The molecule has 5 nitrogen and oxygen atoms in total. The molecule has 2 heterocycles. The van der Waals surface area contributed by atoms with Crippen molar-refractivity contribution in [2.45, 2.75) is 32.4 Å². The number of alkyl halides is 3. The van der Waals surface area contributed by atoms with E-state index in [-0.39, 0.29) is 11.7 Å². The van der Waals surface area contributed by atoms with E-state index in [9.17, 15) is 18.0 Å². The number of rotatable bonds is 4. The van der Waals surface area contributed by atoms with Gasteiger partial charge in [-0.2, -0.15) is 13.2 Å². The van der Waals surface area contributed by atoms with Crippen molar-refractivity contribution in [1.82, 2.24) is 15.0 Å². The maximum Gasteiger partial charge on any atom is 0.433 e. The van der Waals surface area contributed by atoms with Crippen LogP contribution in [0.15, 0.2) is 42.7 Å². The van der Waals surface area contributed by atoms with Gasteiger partial charge in [0.25, 0.3) is 0 Å². The first-order valence-electron chi connectivity index (χ1n) is 9.27. The summed E-state index contributed by atoms with van der Waals surface area (Å²) in [5.41, 5.74) is 2.31. The van der Waals surface area contributed by atoms with Crippen molar-refractivity contribution in [1.29, 1.82) is 0 Å². The monoisotopic (exact) mass is 430 g/mol. The highest BCUT2D eigenvalue weighted by Crippen LogP contribution is 2.35. The Morgan fingerprint density at radius 1 is 1.13 bits per heavy atom. The highest BCUT2D eigenvalue weighted by Gasteiger charge is 2.32. The lowest BCUT2D eigenvalue weighted by Crippen LogP contribution is -2.10. The number of nitrogens with zero attached hydrogens (tertiary/aromatic N) is 3. The molecule has 0 spiro atoms. The van der Waals surface area contributed by atoms with Crippen LogP contribution < -0.4 is 5.32 Å². The first-order chi connectivity index (χ1) is 14.3. The average molecular weight is 430 g/mol. The van der Waals surface area contributed by atoms with Crippen molar-refractivity contribution in [3.8, 4) is 10.4 Å². The predicted octanol–water partition coefficient (Wildman–Crippen LogP) is 5.81. The predicted molar refractivity (Wildman–Crippen MR) is 109 cm³/mol. The Balaban J connectivity index is 1.61. The second-order valence-corrected chi connectivity index (χ2v) is 8.03. The van der Waals surface area contributed by atoms with Gasteiger partial charge in [0.1, 0.15) is 10.7 Å². The molecule has 0 atom stereocenters. The lowest BCUT2D eigenvalue weighted by atomic mass is 9.99. The second kappa shape index (κ2) is 7.98. The smallest absolute Gasteiger partial charge is 0.324 e. The average Bonchev–Trinajstić information content (AvgIpc) is 3.17. The standard InChI is InChI=1S/C21H17F3N4OS/c1-12-7-14(17-11-26-19(30-17)13-3-2-4-16(29)10-13)9-15(8-12)27-20-25-6-5-18(28-20)21(22,23)24/h5-11H,2-4H2,1H3,(H,25,27,28). The number of ketones is 1. The van der Waals surface area contributed by atoms with Gasteiger partial charge in [-0.05, 0) is 60.7 Å². The van der Waals surface area contributed by atoms with Crippen molar-refractivity contribution < 1.29 is 18.0 Å². The summed E-state index contributed by atoms with van der Waals surface area (Å²) in [6, 6.07) is 6.41. The van der Waals surface area contributed by atoms with Crippen LogP contribution in [0.1, 0.15) is 35.5 Å². The summed E-state index contributed by atoms with van der Waals surface area (Å²) >= 11 is 1.48. The van der Waals surface area contributed by atoms with Gasteiger partial charge >= 0.3 is 6.18 Å². The van der Waals surface area contributed by atoms with Gasteiger partial charge in [0.15, 0.2) is 5.78 Å². The van der Waals surface area contributed by atoms with E-state index in [2.05, 4.69) is 20.3 Å². The zero-order chi connectivity index (χ0) is 21.3. The first kappa shape index (κ1) is 20.2. The summed E-state index contributed by atoms with van der Waals surface area (Å²) < 4.78 is 38.7. The molecule has 0 bridgehead atoms. The molecule has 1 aliphatic carbocycles. The summed E-state index contributed by atoms with van der Waals surface area (Å²) in [4.78, 5) is 24.5. The van der Waals surface area contributed by atoms with E-state index in [0.29, 0.717) is 12.1 Å². The van der Waals surface area contributed by atoms with Gasteiger partial charge in [0.05, 0.1) is 4.88 Å². The molecule has 2 aromatic heterocycles. The van der Waals surface area contributed by atoms with Crippen LogP contribution in [0.3, 0.4) is 0 Å². The Bertz CT molecular complexity index is 1140. The van der Waals surface area contributed by atoms with Crippen LogP contribution in [0, 0.1) is 6.92 Å². The Kier molecular flexibility index (Phi) is 5.38. The number of thiazole rings is 1. The summed E-state index contributed by atoms with van der Waals surface area (Å²) in [5.74, 6) is -0.00614. The Morgan fingerprint density at radius 3 is 2.73 bits per heavy atom. The van der Waals surface area contributed by atoms with E-state index >= 15 is 0 Å². The number of hydrogen-bond donors (Lipinski definition) is 1. The van der Waals surface area contributed by atoms with Crippen LogP contribution in [0.2, 0.25) is 0 Å². The Hall–Kier alpha value is -3.07. The fourth-order valence-electron chi connectivity index (χ4n) is 3.22. The molecule has 0 amide bonds. The fraction of sp³-hybridized carbons (Fsp3) is 0.238. The number of benzene rings is 1. The molecule has 0 fully saturated rings. The van der Waals surface area contributed by atoms with Gasteiger partial charge in [0.2, 0.25) is 5.95 Å². The Morgan fingerprint density at radius 2 is 1.97 bits per heavy atom. The molecule has 1 aromatic carbocycles. The van der Waals surface area contributed by atoms with Crippen LogP contribution >= 0.6 is 11.3 Å². The minimum absolute atomic E-state index is 0.121. The third-order valence-electron chi connectivity index (χ3n) is 4.55. The third-order valence-corrected chi connectivity index (χ3v) is 5.67. The summed E-state index contributed by atoms with van der Waals surface area (Å²) in [7, 11) is 0. The number of nitrogens with one attached hydrogen (secondary N) is 1. The van der Waals surface area contributed by atoms with Gasteiger partial charge in [-0.25, -0.2) is 15.0 Å².